The quantitative estimate of drug-likeness (QED) is 0.302. The first-order valence-electron chi connectivity index (χ1n) is 7.03. The van der Waals surface area contributed by atoms with Crippen molar-refractivity contribution in [3.8, 4) is 0 Å². The average Bonchev–Trinajstić information content (AvgIpc) is 2.31. The summed E-state index contributed by atoms with van der Waals surface area (Å²) in [4.78, 5) is 10.3. The van der Waals surface area contributed by atoms with E-state index in [-0.39, 0.29) is 51.4 Å². The molecule has 0 aromatic rings. The summed E-state index contributed by atoms with van der Waals surface area (Å²) in [7, 11) is 0. The molecule has 0 heterocycles. The molecule has 0 fully saturated rings. The normalized spacial score (nSPS) is 11.9. The van der Waals surface area contributed by atoms with Crippen LogP contribution in [-0.4, -0.2) is 11.3 Å². The molecule has 0 aliphatic carbocycles. The third kappa shape index (κ3) is 15.5. The molecular formula is C14H26ClKO2. The number of rotatable bonds is 12. The second kappa shape index (κ2) is 16.5. The Balaban J connectivity index is 0. The van der Waals surface area contributed by atoms with Crippen LogP contribution in [0.3, 0.4) is 0 Å². The number of carbonyl (C=O) groups is 1. The first-order chi connectivity index (χ1) is 8.18. The van der Waals surface area contributed by atoms with Gasteiger partial charge < -0.3 is 9.90 Å². The number of carbonyl (C=O) groups excluding carboxylic acids is 1. The Bertz CT molecular complexity index is 189. The first-order valence-corrected chi connectivity index (χ1v) is 7.47. The van der Waals surface area contributed by atoms with Crippen LogP contribution in [0.15, 0.2) is 0 Å². The zero-order valence-corrected chi connectivity index (χ0v) is 15.9. The van der Waals surface area contributed by atoms with Gasteiger partial charge in [0.15, 0.2) is 0 Å². The molecule has 2 nitrogen and oxygen atoms in total. The molecule has 0 rings (SSSR count). The summed E-state index contributed by atoms with van der Waals surface area (Å²) in [6.07, 6.45) is 13.1. The molecule has 0 radical (unpaired) electrons. The molecule has 0 aromatic carbocycles. The van der Waals surface area contributed by atoms with Crippen LogP contribution in [0.5, 0.6) is 0 Å². The summed E-state index contributed by atoms with van der Waals surface area (Å²) < 4.78 is 0. The van der Waals surface area contributed by atoms with Gasteiger partial charge in [-0.3, -0.25) is 0 Å². The van der Waals surface area contributed by atoms with Crippen molar-refractivity contribution in [1.82, 2.24) is 0 Å². The summed E-state index contributed by atoms with van der Waals surface area (Å²) >= 11 is 5.56. The van der Waals surface area contributed by atoms with E-state index in [0.717, 1.165) is 12.8 Å². The van der Waals surface area contributed by atoms with Crippen molar-refractivity contribution in [3.05, 3.63) is 0 Å². The molecule has 1 atom stereocenters. The summed E-state index contributed by atoms with van der Waals surface area (Å²) in [5, 5.41) is 9.55. The molecule has 102 valence electrons. The van der Waals surface area contributed by atoms with Crippen LogP contribution in [-0.2, 0) is 4.79 Å². The molecule has 4 heteroatoms. The van der Waals surface area contributed by atoms with E-state index in [2.05, 4.69) is 6.92 Å². The van der Waals surface area contributed by atoms with Crippen molar-refractivity contribution in [2.45, 2.75) is 82.9 Å². The van der Waals surface area contributed by atoms with Gasteiger partial charge in [0.25, 0.3) is 0 Å². The van der Waals surface area contributed by atoms with Gasteiger partial charge in [0.1, 0.15) is 0 Å². The number of hydrogen-bond donors (Lipinski definition) is 0. The Labute approximate surface area is 160 Å². The smallest absolute Gasteiger partial charge is 0.549 e. The maximum atomic E-state index is 10.3. The Morgan fingerprint density at radius 1 is 0.944 bits per heavy atom. The van der Waals surface area contributed by atoms with E-state index in [1.54, 1.807) is 0 Å². The van der Waals surface area contributed by atoms with Crippen molar-refractivity contribution >= 4 is 17.6 Å². The van der Waals surface area contributed by atoms with Crippen LogP contribution in [0.4, 0.5) is 0 Å². The minimum atomic E-state index is -1.14. The van der Waals surface area contributed by atoms with Crippen molar-refractivity contribution < 1.29 is 61.3 Å². The minimum Gasteiger partial charge on any atom is -0.549 e. The summed E-state index contributed by atoms with van der Waals surface area (Å²) in [5.41, 5.74) is 0. The van der Waals surface area contributed by atoms with E-state index in [0.29, 0.717) is 6.42 Å². The fourth-order valence-electron chi connectivity index (χ4n) is 1.93. The predicted octanol–water partition coefficient (Wildman–Crippen LogP) is 0.659. The van der Waals surface area contributed by atoms with E-state index >= 15 is 0 Å². The van der Waals surface area contributed by atoms with Crippen LogP contribution < -0.4 is 56.5 Å². The monoisotopic (exact) mass is 300 g/mol. The zero-order chi connectivity index (χ0) is 12.9. The number of halogens is 1. The second-order valence-electron chi connectivity index (χ2n) is 4.76. The summed E-state index contributed by atoms with van der Waals surface area (Å²) in [5.74, 6) is -1.14. The Morgan fingerprint density at radius 3 is 1.72 bits per heavy atom. The molecule has 18 heavy (non-hydrogen) atoms. The number of hydrogen-bond acceptors (Lipinski definition) is 2. The van der Waals surface area contributed by atoms with Crippen LogP contribution in [0.25, 0.3) is 0 Å². The van der Waals surface area contributed by atoms with Crippen molar-refractivity contribution in [2.75, 3.05) is 0 Å². The number of carboxylic acids is 1. The van der Waals surface area contributed by atoms with Gasteiger partial charge in [-0.25, -0.2) is 0 Å². The van der Waals surface area contributed by atoms with E-state index in [4.69, 9.17) is 11.6 Å². The predicted molar refractivity (Wildman–Crippen MR) is 71.1 cm³/mol. The molecule has 0 spiro atoms. The first kappa shape index (κ1) is 21.7. The molecule has 0 aliphatic heterocycles. The number of carboxylic acid groups (broad SMARTS) is 1. The fourth-order valence-corrected chi connectivity index (χ4v) is 2.08. The third-order valence-corrected chi connectivity index (χ3v) is 3.46. The third-order valence-electron chi connectivity index (χ3n) is 3.07. The van der Waals surface area contributed by atoms with E-state index in [9.17, 15) is 9.90 Å². The second-order valence-corrected chi connectivity index (χ2v) is 5.28. The standard InChI is InChI=1S/C14H27ClO2.K/c1-2-3-4-5-6-7-8-9-10-11-12-13(15)14(16)17;/h13H,2-12H2,1H3,(H,16,17);/q;+1/p-1. The van der Waals surface area contributed by atoms with Crippen molar-refractivity contribution in [3.63, 3.8) is 0 Å². The van der Waals surface area contributed by atoms with Gasteiger partial charge in [-0.15, -0.1) is 11.6 Å². The zero-order valence-electron chi connectivity index (χ0n) is 12.0. The van der Waals surface area contributed by atoms with Crippen LogP contribution in [0.1, 0.15) is 77.6 Å². The number of aliphatic carboxylic acids is 1. The molecule has 0 amide bonds. The molecule has 0 saturated heterocycles. The Kier molecular flexibility index (Phi) is 19.8. The van der Waals surface area contributed by atoms with Crippen LogP contribution in [0.2, 0.25) is 0 Å². The van der Waals surface area contributed by atoms with Crippen molar-refractivity contribution in [2.24, 2.45) is 0 Å². The molecule has 0 aliphatic rings. The maximum Gasteiger partial charge on any atom is 1.00 e. The molecule has 0 bridgehead atoms. The van der Waals surface area contributed by atoms with Crippen molar-refractivity contribution in [1.29, 1.82) is 0 Å². The number of unbranched alkanes of at least 4 members (excludes halogenated alkanes) is 9. The van der Waals surface area contributed by atoms with E-state index < -0.39 is 11.3 Å². The van der Waals surface area contributed by atoms with Gasteiger partial charge in [-0.2, -0.15) is 0 Å². The van der Waals surface area contributed by atoms with Gasteiger partial charge in [-0.1, -0.05) is 71.1 Å². The molecular weight excluding hydrogens is 275 g/mol. The van der Waals surface area contributed by atoms with Gasteiger partial charge in [0.05, 0.1) is 11.3 Å². The Morgan fingerprint density at radius 2 is 1.33 bits per heavy atom. The summed E-state index contributed by atoms with van der Waals surface area (Å²) in [6.45, 7) is 2.23. The molecule has 0 saturated carbocycles. The largest absolute Gasteiger partial charge is 1.00 e. The van der Waals surface area contributed by atoms with E-state index in [1.807, 2.05) is 0 Å². The fraction of sp³-hybridized carbons (Fsp3) is 0.929. The maximum absolute atomic E-state index is 10.3. The SMILES string of the molecule is CCCCCCCCCCCCC(Cl)C(=O)[O-].[K+]. The Hall–Kier alpha value is 1.40. The topological polar surface area (TPSA) is 40.1 Å². The average molecular weight is 301 g/mol. The summed E-state index contributed by atoms with van der Waals surface area (Å²) in [6, 6.07) is 0. The van der Waals surface area contributed by atoms with Gasteiger partial charge in [-0.05, 0) is 6.42 Å². The van der Waals surface area contributed by atoms with Gasteiger partial charge >= 0.3 is 51.4 Å². The number of alkyl halides is 1. The van der Waals surface area contributed by atoms with Gasteiger partial charge in [0.2, 0.25) is 0 Å². The van der Waals surface area contributed by atoms with Gasteiger partial charge in [0, 0.05) is 0 Å². The molecule has 0 aromatic heterocycles. The molecule has 1 unspecified atom stereocenters. The minimum absolute atomic E-state index is 0. The van der Waals surface area contributed by atoms with E-state index in [1.165, 1.54) is 51.4 Å². The van der Waals surface area contributed by atoms with Crippen LogP contribution in [0, 0.1) is 0 Å². The molecule has 0 N–H and O–H groups in total. The van der Waals surface area contributed by atoms with Crippen LogP contribution >= 0.6 is 11.6 Å².